The van der Waals surface area contributed by atoms with Gasteiger partial charge >= 0.3 is 0 Å². The first-order valence-electron chi connectivity index (χ1n) is 8.97. The molecule has 2 saturated heterocycles. The lowest BCUT2D eigenvalue weighted by molar-refractivity contribution is -0.194. The number of benzene rings is 1. The highest BCUT2D eigenvalue weighted by Gasteiger charge is 2.55. The van der Waals surface area contributed by atoms with Crippen LogP contribution < -0.4 is 0 Å². The average molecular weight is 364 g/mol. The van der Waals surface area contributed by atoms with Gasteiger partial charge in [0, 0.05) is 25.5 Å². The van der Waals surface area contributed by atoms with Crippen LogP contribution in [0.25, 0.3) is 0 Å². The van der Waals surface area contributed by atoms with E-state index in [1.54, 1.807) is 7.11 Å². The number of ether oxygens (including phenoxy) is 4. The van der Waals surface area contributed by atoms with Gasteiger partial charge in [-0.25, -0.2) is 0 Å². The zero-order chi connectivity index (χ0) is 17.3. The van der Waals surface area contributed by atoms with Crippen LogP contribution in [0.15, 0.2) is 30.3 Å². The Kier molecular flexibility index (Phi) is 5.15. The maximum Gasteiger partial charge on any atom is 0.219 e. The molecule has 3 fully saturated rings. The van der Waals surface area contributed by atoms with E-state index in [2.05, 4.69) is 0 Å². The summed E-state index contributed by atoms with van der Waals surface area (Å²) in [5, 5.41) is -0.233. The quantitative estimate of drug-likeness (QED) is 0.820. The molecule has 1 aliphatic carbocycles. The summed E-state index contributed by atoms with van der Waals surface area (Å²) in [6.07, 6.45) is 4.51. The fraction of sp³-hybridized carbons (Fsp3) is 0.632. The zero-order valence-corrected chi connectivity index (χ0v) is 15.2. The molecule has 1 aromatic rings. The van der Waals surface area contributed by atoms with Gasteiger partial charge in [0.05, 0.1) is 11.9 Å². The van der Waals surface area contributed by atoms with Crippen molar-refractivity contribution in [3.05, 3.63) is 35.9 Å². The van der Waals surface area contributed by atoms with Gasteiger partial charge in [-0.05, 0) is 12.8 Å². The molecule has 0 N–H and O–H groups in total. The summed E-state index contributed by atoms with van der Waals surface area (Å²) in [5.74, 6) is -0.492. The number of hydrogen-bond acceptors (Lipinski definition) is 6. The van der Waals surface area contributed by atoms with Crippen molar-refractivity contribution in [2.24, 2.45) is 0 Å². The van der Waals surface area contributed by atoms with Crippen molar-refractivity contribution in [3.8, 4) is 0 Å². The predicted molar refractivity (Wildman–Crippen MR) is 94.5 cm³/mol. The smallest absolute Gasteiger partial charge is 0.219 e. The van der Waals surface area contributed by atoms with Crippen LogP contribution in [0, 0.1) is 0 Å². The van der Waals surface area contributed by atoms with E-state index in [0.29, 0.717) is 12.2 Å². The van der Waals surface area contributed by atoms with Gasteiger partial charge in [-0.3, -0.25) is 4.79 Å². The highest BCUT2D eigenvalue weighted by molar-refractivity contribution is 8.14. The summed E-state index contributed by atoms with van der Waals surface area (Å²) >= 11 is 1.24. The Balaban J connectivity index is 1.52. The first kappa shape index (κ1) is 17.5. The molecule has 0 radical (unpaired) electrons. The van der Waals surface area contributed by atoms with Gasteiger partial charge in [-0.2, -0.15) is 0 Å². The van der Waals surface area contributed by atoms with E-state index in [9.17, 15) is 4.79 Å². The zero-order valence-electron chi connectivity index (χ0n) is 14.4. The summed E-state index contributed by atoms with van der Waals surface area (Å²) in [6.45, 7) is 0.446. The fourth-order valence-electron chi connectivity index (χ4n) is 3.96. The number of carbonyl (C=O) groups is 1. The molecule has 1 spiro atoms. The normalized spacial score (nSPS) is 34.0. The molecule has 4 rings (SSSR count). The molecular weight excluding hydrogens is 340 g/mol. The molecule has 5 nitrogen and oxygen atoms in total. The molecule has 0 bridgehead atoms. The molecule has 2 aliphatic heterocycles. The van der Waals surface area contributed by atoms with Crippen LogP contribution in [0.1, 0.15) is 42.5 Å². The largest absolute Gasteiger partial charge is 0.355 e. The van der Waals surface area contributed by atoms with Crippen LogP contribution in [-0.2, 0) is 18.9 Å². The van der Waals surface area contributed by atoms with E-state index in [1.165, 1.54) is 18.2 Å². The van der Waals surface area contributed by atoms with Crippen LogP contribution in [0.4, 0.5) is 0 Å². The third kappa shape index (κ3) is 3.51. The molecule has 25 heavy (non-hydrogen) atoms. The van der Waals surface area contributed by atoms with Crippen LogP contribution in [0.3, 0.4) is 0 Å². The third-order valence-electron chi connectivity index (χ3n) is 5.20. The summed E-state index contributed by atoms with van der Waals surface area (Å²) in [4.78, 5) is 12.7. The van der Waals surface area contributed by atoms with Crippen LogP contribution >= 0.6 is 11.8 Å². The first-order valence-corrected chi connectivity index (χ1v) is 9.85. The lowest BCUT2D eigenvalue weighted by atomic mass is 9.94. The standard InChI is InChI=1S/C19H24O5S/c1-21-18-16(25-17(20)13-8-4-2-5-9-13)15-14(12-22-18)23-19(24-15)10-6-3-7-11-19/h2,4-5,8-9,14-16,18H,3,6-7,10-12H2,1H3/t14-,15+,16+,18+/m1/s1. The Morgan fingerprint density at radius 1 is 1.16 bits per heavy atom. The number of hydrogen-bond donors (Lipinski definition) is 0. The monoisotopic (exact) mass is 364 g/mol. The molecule has 0 amide bonds. The van der Waals surface area contributed by atoms with E-state index in [4.69, 9.17) is 18.9 Å². The molecular formula is C19H24O5S. The molecule has 0 unspecified atom stereocenters. The van der Waals surface area contributed by atoms with Gasteiger partial charge in [0.15, 0.2) is 12.1 Å². The summed E-state index contributed by atoms with van der Waals surface area (Å²) in [7, 11) is 1.61. The van der Waals surface area contributed by atoms with Gasteiger partial charge in [0.2, 0.25) is 5.12 Å². The van der Waals surface area contributed by atoms with Crippen molar-refractivity contribution in [1.29, 1.82) is 0 Å². The predicted octanol–water partition coefficient (Wildman–Crippen LogP) is 3.38. The Morgan fingerprint density at radius 2 is 1.92 bits per heavy atom. The van der Waals surface area contributed by atoms with Crippen molar-refractivity contribution in [2.75, 3.05) is 13.7 Å². The minimum absolute atomic E-state index is 0.00472. The summed E-state index contributed by atoms with van der Waals surface area (Å²) in [6, 6.07) is 9.29. The van der Waals surface area contributed by atoms with Crippen LogP contribution in [0.5, 0.6) is 0 Å². The van der Waals surface area contributed by atoms with Gasteiger partial charge in [0.1, 0.15) is 12.2 Å². The summed E-state index contributed by atoms with van der Waals surface area (Å²) < 4.78 is 24.0. The third-order valence-corrected chi connectivity index (χ3v) is 6.41. The Labute approximate surface area is 152 Å². The Morgan fingerprint density at radius 3 is 2.64 bits per heavy atom. The van der Waals surface area contributed by atoms with Crippen molar-refractivity contribution in [2.45, 2.75) is 61.6 Å². The van der Waals surface area contributed by atoms with Crippen LogP contribution in [-0.4, -0.2) is 48.4 Å². The highest BCUT2D eigenvalue weighted by Crippen LogP contribution is 2.46. The van der Waals surface area contributed by atoms with Gasteiger partial charge in [0.25, 0.3) is 0 Å². The molecule has 136 valence electrons. The maximum absolute atomic E-state index is 12.7. The van der Waals surface area contributed by atoms with E-state index >= 15 is 0 Å². The van der Waals surface area contributed by atoms with E-state index in [0.717, 1.165) is 25.7 Å². The van der Waals surface area contributed by atoms with Gasteiger partial charge in [-0.1, -0.05) is 48.5 Å². The fourth-order valence-corrected chi connectivity index (χ4v) is 5.14. The molecule has 1 saturated carbocycles. The Hall–Kier alpha value is -0.920. The number of carbonyl (C=O) groups excluding carboxylic acids is 1. The maximum atomic E-state index is 12.7. The van der Waals surface area contributed by atoms with Crippen molar-refractivity contribution in [1.82, 2.24) is 0 Å². The number of rotatable bonds is 3. The molecule has 2 heterocycles. The average Bonchev–Trinajstić information content (AvgIpc) is 3.01. The minimum Gasteiger partial charge on any atom is -0.355 e. The first-order chi connectivity index (χ1) is 12.2. The van der Waals surface area contributed by atoms with Crippen molar-refractivity contribution in [3.63, 3.8) is 0 Å². The molecule has 3 aliphatic rings. The van der Waals surface area contributed by atoms with Crippen molar-refractivity contribution < 1.29 is 23.7 Å². The van der Waals surface area contributed by atoms with E-state index in [-0.39, 0.29) is 22.6 Å². The molecule has 4 atom stereocenters. The number of methoxy groups -OCH3 is 1. The minimum atomic E-state index is -0.492. The molecule has 6 heteroatoms. The van der Waals surface area contributed by atoms with Crippen LogP contribution in [0.2, 0.25) is 0 Å². The summed E-state index contributed by atoms with van der Waals surface area (Å²) in [5.41, 5.74) is 0.677. The van der Waals surface area contributed by atoms with Gasteiger partial charge < -0.3 is 18.9 Å². The number of thioether (sulfide) groups is 1. The Bertz CT molecular complexity index is 601. The topological polar surface area (TPSA) is 54.0 Å². The van der Waals surface area contributed by atoms with E-state index in [1.807, 2.05) is 30.3 Å². The highest BCUT2D eigenvalue weighted by atomic mass is 32.2. The second-order valence-corrected chi connectivity index (χ2v) is 8.03. The van der Waals surface area contributed by atoms with Gasteiger partial charge in [-0.15, -0.1) is 0 Å². The van der Waals surface area contributed by atoms with Crippen molar-refractivity contribution >= 4 is 16.9 Å². The SMILES string of the molecule is CO[C@H]1OC[C@H]2OC3(CCCCC3)O[C@@H]2[C@@H]1SC(=O)c1ccccc1. The second kappa shape index (κ2) is 7.37. The lowest BCUT2D eigenvalue weighted by Crippen LogP contribution is -2.51. The molecule has 1 aromatic carbocycles. The van der Waals surface area contributed by atoms with E-state index < -0.39 is 12.1 Å². The number of fused-ring (bicyclic) bond motifs is 1. The second-order valence-electron chi connectivity index (χ2n) is 6.88. The molecule has 0 aromatic heterocycles. The lowest BCUT2D eigenvalue weighted by Gasteiger charge is -2.36.